The number of imidazole rings is 1. The van der Waals surface area contributed by atoms with Crippen molar-refractivity contribution in [3.05, 3.63) is 78.2 Å². The number of likely N-dealkylation sites (tertiary alicyclic amines) is 1. The third-order valence-corrected chi connectivity index (χ3v) is 8.78. The minimum Gasteiger partial charge on any atom is -0.465 e. The number of carboxylic acid groups (broad SMARTS) is 1. The first kappa shape index (κ1) is 30.3. The van der Waals surface area contributed by atoms with Gasteiger partial charge < -0.3 is 19.8 Å². The van der Waals surface area contributed by atoms with Gasteiger partial charge in [-0.3, -0.25) is 14.3 Å². The summed E-state index contributed by atoms with van der Waals surface area (Å²) in [6.45, 7) is 9.72. The molecule has 2 aromatic carbocycles. The van der Waals surface area contributed by atoms with Gasteiger partial charge in [0.1, 0.15) is 6.33 Å². The van der Waals surface area contributed by atoms with E-state index in [9.17, 15) is 19.5 Å². The molecule has 2 aliphatic rings. The maximum absolute atomic E-state index is 13.5. The Labute approximate surface area is 253 Å². The molecule has 43 heavy (non-hydrogen) atoms. The summed E-state index contributed by atoms with van der Waals surface area (Å²) >= 11 is 0. The molecule has 10 heteroatoms. The van der Waals surface area contributed by atoms with Crippen molar-refractivity contribution in [2.45, 2.75) is 52.2 Å². The van der Waals surface area contributed by atoms with E-state index in [0.29, 0.717) is 24.3 Å². The van der Waals surface area contributed by atoms with Crippen LogP contribution in [0.1, 0.15) is 49.5 Å². The molecular formula is C33H42N6O4. The number of benzene rings is 2. The highest BCUT2D eigenvalue weighted by Gasteiger charge is 2.39. The van der Waals surface area contributed by atoms with Gasteiger partial charge in [0, 0.05) is 69.7 Å². The van der Waals surface area contributed by atoms with Crippen molar-refractivity contribution in [1.29, 1.82) is 0 Å². The van der Waals surface area contributed by atoms with Gasteiger partial charge in [-0.05, 0) is 36.0 Å². The summed E-state index contributed by atoms with van der Waals surface area (Å²) in [6, 6.07) is 17.4. The first-order valence-electron chi connectivity index (χ1n) is 15.0. The largest absolute Gasteiger partial charge is 0.465 e. The highest BCUT2D eigenvalue weighted by Crippen LogP contribution is 2.29. The number of rotatable bonds is 5. The normalized spacial score (nSPS) is 18.5. The first-order chi connectivity index (χ1) is 20.5. The van der Waals surface area contributed by atoms with Gasteiger partial charge in [0.05, 0.1) is 11.7 Å². The number of hydrogen-bond donors (Lipinski definition) is 1. The van der Waals surface area contributed by atoms with Crippen molar-refractivity contribution in [2.24, 2.45) is 5.41 Å². The number of hydrogen-bond acceptors (Lipinski definition) is 5. The lowest BCUT2D eigenvalue weighted by atomic mass is 9.84. The second-order valence-corrected chi connectivity index (χ2v) is 12.7. The third kappa shape index (κ3) is 6.91. The molecule has 0 saturated carbocycles. The molecule has 2 saturated heterocycles. The zero-order valence-electron chi connectivity index (χ0n) is 25.5. The van der Waals surface area contributed by atoms with Crippen LogP contribution in [0.3, 0.4) is 0 Å². The van der Waals surface area contributed by atoms with Crippen molar-refractivity contribution in [3.8, 4) is 11.3 Å². The van der Waals surface area contributed by atoms with Crippen molar-refractivity contribution in [1.82, 2.24) is 29.2 Å². The van der Waals surface area contributed by atoms with Crippen LogP contribution >= 0.6 is 0 Å². The monoisotopic (exact) mass is 586 g/mol. The molecule has 3 aromatic rings. The summed E-state index contributed by atoms with van der Waals surface area (Å²) < 4.78 is 1.51. The van der Waals surface area contributed by atoms with Gasteiger partial charge in [-0.1, -0.05) is 63.2 Å². The number of nitrogens with zero attached hydrogens (tertiary/aromatic N) is 6. The molecular weight excluding hydrogens is 544 g/mol. The SMILES string of the molecule is CN(C(=O)n1cnc(-c2cccc(C(=O)N3CCN(C(=O)O)C(C(C)(C)C)C3)c2)c1)C1CCN(Cc2ccccc2)CC1. The zero-order valence-corrected chi connectivity index (χ0v) is 25.5. The molecule has 1 unspecified atom stereocenters. The Morgan fingerprint density at radius 2 is 1.70 bits per heavy atom. The Morgan fingerprint density at radius 1 is 0.977 bits per heavy atom. The first-order valence-corrected chi connectivity index (χ1v) is 15.0. The average molecular weight is 587 g/mol. The lowest BCUT2D eigenvalue weighted by Crippen LogP contribution is -2.60. The Hall–Kier alpha value is -4.18. The van der Waals surface area contributed by atoms with Crippen LogP contribution in [-0.2, 0) is 6.54 Å². The predicted molar refractivity (Wildman–Crippen MR) is 165 cm³/mol. The van der Waals surface area contributed by atoms with Crippen LogP contribution in [0, 0.1) is 5.41 Å². The minimum absolute atomic E-state index is 0.128. The van der Waals surface area contributed by atoms with E-state index in [1.54, 1.807) is 23.2 Å². The molecule has 2 aliphatic heterocycles. The van der Waals surface area contributed by atoms with Crippen LogP contribution in [0.25, 0.3) is 11.3 Å². The van der Waals surface area contributed by atoms with Crippen LogP contribution in [0.2, 0.25) is 0 Å². The quantitative estimate of drug-likeness (QED) is 0.453. The van der Waals surface area contributed by atoms with Gasteiger partial charge >= 0.3 is 12.1 Å². The van der Waals surface area contributed by atoms with Gasteiger partial charge in [0.2, 0.25) is 0 Å². The highest BCUT2D eigenvalue weighted by atomic mass is 16.4. The molecule has 10 nitrogen and oxygen atoms in total. The lowest BCUT2D eigenvalue weighted by molar-refractivity contribution is 0.0198. The number of aromatic nitrogens is 2. The fourth-order valence-corrected chi connectivity index (χ4v) is 6.15. The van der Waals surface area contributed by atoms with E-state index in [2.05, 4.69) is 34.1 Å². The summed E-state index contributed by atoms with van der Waals surface area (Å²) in [7, 11) is 1.85. The summed E-state index contributed by atoms with van der Waals surface area (Å²) in [5.41, 5.74) is 2.85. The molecule has 0 radical (unpaired) electrons. The third-order valence-electron chi connectivity index (χ3n) is 8.78. The molecule has 0 bridgehead atoms. The van der Waals surface area contributed by atoms with Crippen molar-refractivity contribution in [3.63, 3.8) is 0 Å². The number of piperazine rings is 1. The summed E-state index contributed by atoms with van der Waals surface area (Å²) in [5.74, 6) is -0.144. The van der Waals surface area contributed by atoms with E-state index >= 15 is 0 Å². The maximum Gasteiger partial charge on any atom is 0.407 e. The average Bonchev–Trinajstić information content (AvgIpc) is 3.51. The van der Waals surface area contributed by atoms with Crippen LogP contribution in [0.5, 0.6) is 0 Å². The fraction of sp³-hybridized carbons (Fsp3) is 0.455. The number of carbonyl (C=O) groups is 3. The van der Waals surface area contributed by atoms with E-state index in [4.69, 9.17) is 0 Å². The van der Waals surface area contributed by atoms with Gasteiger partial charge in [-0.2, -0.15) is 0 Å². The second-order valence-electron chi connectivity index (χ2n) is 12.7. The van der Waals surface area contributed by atoms with E-state index < -0.39 is 6.09 Å². The van der Waals surface area contributed by atoms with Crippen molar-refractivity contribution >= 4 is 18.0 Å². The molecule has 1 atom stereocenters. The number of piperidine rings is 1. The van der Waals surface area contributed by atoms with Crippen LogP contribution in [0.4, 0.5) is 9.59 Å². The molecule has 228 valence electrons. The number of carbonyl (C=O) groups excluding carboxylic acids is 2. The Balaban J connectivity index is 1.21. The second kappa shape index (κ2) is 12.6. The smallest absolute Gasteiger partial charge is 0.407 e. The van der Waals surface area contributed by atoms with E-state index in [1.807, 2.05) is 50.9 Å². The summed E-state index contributed by atoms with van der Waals surface area (Å²) in [4.78, 5) is 50.6. The molecule has 5 rings (SSSR count). The predicted octanol–water partition coefficient (Wildman–Crippen LogP) is 4.97. The highest BCUT2D eigenvalue weighted by molar-refractivity contribution is 5.95. The molecule has 1 aromatic heterocycles. The van der Waals surface area contributed by atoms with Crippen molar-refractivity contribution < 1.29 is 19.5 Å². The molecule has 3 amide bonds. The van der Waals surface area contributed by atoms with Crippen LogP contribution < -0.4 is 0 Å². The Morgan fingerprint density at radius 3 is 2.37 bits per heavy atom. The Kier molecular flexibility index (Phi) is 8.87. The van der Waals surface area contributed by atoms with Crippen LogP contribution in [0.15, 0.2) is 67.1 Å². The van der Waals surface area contributed by atoms with Gasteiger partial charge in [0.25, 0.3) is 5.91 Å². The fourth-order valence-electron chi connectivity index (χ4n) is 6.15. The van der Waals surface area contributed by atoms with E-state index in [-0.39, 0.29) is 36.0 Å². The molecule has 0 spiro atoms. The van der Waals surface area contributed by atoms with Gasteiger partial charge in [-0.25, -0.2) is 14.6 Å². The summed E-state index contributed by atoms with van der Waals surface area (Å²) in [5, 5.41) is 9.67. The zero-order chi connectivity index (χ0) is 30.7. The van der Waals surface area contributed by atoms with Crippen molar-refractivity contribution in [2.75, 3.05) is 39.8 Å². The summed E-state index contributed by atoms with van der Waals surface area (Å²) in [6.07, 6.45) is 4.12. The standard InChI is InChI=1S/C33H42N6O4/c1-33(2,3)29-22-37(17-18-39(29)32(42)43)30(40)26-12-8-11-25(19-26)28-21-38(23-34-28)31(41)35(4)27-13-15-36(16-14-27)20-24-9-6-5-7-10-24/h5-12,19,21,23,27,29H,13-18,20,22H2,1-4H3,(H,42,43). The molecule has 1 N–H and O–H groups in total. The maximum atomic E-state index is 13.5. The molecule has 2 fully saturated rings. The van der Waals surface area contributed by atoms with Gasteiger partial charge in [0.15, 0.2) is 0 Å². The minimum atomic E-state index is -0.960. The molecule has 3 heterocycles. The topological polar surface area (TPSA) is 102 Å². The lowest BCUT2D eigenvalue weighted by Gasteiger charge is -2.45. The Bertz CT molecular complexity index is 1440. The van der Waals surface area contributed by atoms with E-state index in [0.717, 1.165) is 38.0 Å². The van der Waals surface area contributed by atoms with E-state index in [1.165, 1.54) is 21.4 Å². The van der Waals surface area contributed by atoms with Crippen LogP contribution in [-0.4, -0.2) is 104 Å². The van der Waals surface area contributed by atoms with Gasteiger partial charge in [-0.15, -0.1) is 0 Å². The molecule has 0 aliphatic carbocycles. The number of amides is 3.